The molecule has 33 heavy (non-hydrogen) atoms. The quantitative estimate of drug-likeness (QED) is 0.558. The molecule has 4 heterocycles. The highest BCUT2D eigenvalue weighted by atomic mass is 19.1. The Kier molecular flexibility index (Phi) is 5.52. The van der Waals surface area contributed by atoms with Gasteiger partial charge in [-0.1, -0.05) is 18.2 Å². The molecule has 1 fully saturated rings. The molecule has 2 aliphatic rings. The summed E-state index contributed by atoms with van der Waals surface area (Å²) in [5.41, 5.74) is 1.77. The topological polar surface area (TPSA) is 82.5 Å². The van der Waals surface area contributed by atoms with E-state index in [9.17, 15) is 14.0 Å². The molecule has 0 spiro atoms. The fraction of sp³-hybridized carbons (Fsp3) is 0.208. The second kappa shape index (κ2) is 8.78. The average molecular weight is 444 g/mol. The number of piperazine rings is 1. The van der Waals surface area contributed by atoms with E-state index in [1.54, 1.807) is 36.8 Å². The van der Waals surface area contributed by atoms with Crippen molar-refractivity contribution in [3.8, 4) is 0 Å². The molecule has 166 valence electrons. The van der Waals surface area contributed by atoms with Crippen molar-refractivity contribution in [3.63, 3.8) is 0 Å². The third kappa shape index (κ3) is 4.05. The van der Waals surface area contributed by atoms with Gasteiger partial charge in [0.1, 0.15) is 11.5 Å². The van der Waals surface area contributed by atoms with Crippen molar-refractivity contribution in [1.82, 2.24) is 24.8 Å². The van der Waals surface area contributed by atoms with Crippen LogP contribution < -0.4 is 4.90 Å². The highest BCUT2D eigenvalue weighted by Crippen LogP contribution is 2.33. The van der Waals surface area contributed by atoms with Gasteiger partial charge in [0.15, 0.2) is 0 Å². The number of imide groups is 1. The lowest BCUT2D eigenvalue weighted by molar-refractivity contribution is -0.138. The summed E-state index contributed by atoms with van der Waals surface area (Å²) in [6.07, 6.45) is 5.01. The summed E-state index contributed by atoms with van der Waals surface area (Å²) in [4.78, 5) is 44.9. The van der Waals surface area contributed by atoms with Crippen molar-refractivity contribution in [2.45, 2.75) is 6.54 Å². The summed E-state index contributed by atoms with van der Waals surface area (Å²) in [5.74, 6) is -0.537. The van der Waals surface area contributed by atoms with Crippen molar-refractivity contribution in [2.75, 3.05) is 31.1 Å². The predicted molar refractivity (Wildman–Crippen MR) is 119 cm³/mol. The standard InChI is InChI=1S/C24H21FN6O2/c25-18-7-5-17(6-8-18)20-21(23(33)31(22(20)32)16-19-4-1-2-9-26-19)29-12-14-30(15-13-29)24-27-10-3-11-28-24/h1-11H,12-16H2. The van der Waals surface area contributed by atoms with Gasteiger partial charge in [-0.25, -0.2) is 14.4 Å². The third-order valence-electron chi connectivity index (χ3n) is 5.75. The number of nitrogens with zero attached hydrogens (tertiary/aromatic N) is 6. The van der Waals surface area contributed by atoms with Gasteiger partial charge >= 0.3 is 0 Å². The number of benzene rings is 1. The molecule has 0 bridgehead atoms. The number of hydrogen-bond acceptors (Lipinski definition) is 7. The van der Waals surface area contributed by atoms with Gasteiger partial charge in [0.25, 0.3) is 11.8 Å². The van der Waals surface area contributed by atoms with E-state index in [1.165, 1.54) is 29.2 Å². The summed E-state index contributed by atoms with van der Waals surface area (Å²) < 4.78 is 13.6. The van der Waals surface area contributed by atoms with E-state index in [0.29, 0.717) is 54.7 Å². The van der Waals surface area contributed by atoms with Crippen LogP contribution in [0.5, 0.6) is 0 Å². The van der Waals surface area contributed by atoms with Crippen LogP contribution in [0.3, 0.4) is 0 Å². The molecule has 0 radical (unpaired) electrons. The number of anilines is 1. The molecule has 2 amide bonds. The summed E-state index contributed by atoms with van der Waals surface area (Å²) in [7, 11) is 0. The first kappa shape index (κ1) is 20.7. The second-order valence-electron chi connectivity index (χ2n) is 7.77. The average Bonchev–Trinajstić information content (AvgIpc) is 3.11. The number of amides is 2. The van der Waals surface area contributed by atoms with Crippen LogP contribution in [0.4, 0.5) is 10.3 Å². The Hall–Kier alpha value is -4.14. The Morgan fingerprint density at radius 3 is 2.09 bits per heavy atom. The number of halogens is 1. The normalized spacial score (nSPS) is 16.7. The van der Waals surface area contributed by atoms with Crippen LogP contribution in [-0.2, 0) is 16.1 Å². The van der Waals surface area contributed by atoms with E-state index in [1.807, 2.05) is 15.9 Å². The van der Waals surface area contributed by atoms with Crippen molar-refractivity contribution >= 4 is 23.3 Å². The summed E-state index contributed by atoms with van der Waals surface area (Å²) >= 11 is 0. The first-order valence-electron chi connectivity index (χ1n) is 10.6. The Morgan fingerprint density at radius 2 is 1.42 bits per heavy atom. The lowest BCUT2D eigenvalue weighted by atomic mass is 10.0. The molecule has 2 aromatic heterocycles. The van der Waals surface area contributed by atoms with Crippen molar-refractivity contribution < 1.29 is 14.0 Å². The SMILES string of the molecule is O=C1C(c2ccc(F)cc2)=C(N2CCN(c3ncccn3)CC2)C(=O)N1Cc1ccccn1. The zero-order chi connectivity index (χ0) is 22.8. The molecule has 1 aromatic carbocycles. The van der Waals surface area contributed by atoms with Crippen molar-refractivity contribution in [1.29, 1.82) is 0 Å². The molecule has 0 saturated carbocycles. The third-order valence-corrected chi connectivity index (χ3v) is 5.75. The highest BCUT2D eigenvalue weighted by molar-refractivity contribution is 6.35. The maximum absolute atomic E-state index is 13.6. The minimum atomic E-state index is -0.403. The molecule has 5 rings (SSSR count). The van der Waals surface area contributed by atoms with E-state index < -0.39 is 11.7 Å². The van der Waals surface area contributed by atoms with Gasteiger partial charge < -0.3 is 9.80 Å². The Morgan fingerprint density at radius 1 is 0.758 bits per heavy atom. The summed E-state index contributed by atoms with van der Waals surface area (Å²) in [5, 5.41) is 0. The molecule has 0 unspecified atom stereocenters. The Labute approximate surface area is 190 Å². The Bertz CT molecular complexity index is 1190. The van der Waals surface area contributed by atoms with Gasteiger partial charge in [-0.2, -0.15) is 0 Å². The largest absolute Gasteiger partial charge is 0.363 e. The van der Waals surface area contributed by atoms with Gasteiger partial charge in [-0.05, 0) is 35.9 Å². The van der Waals surface area contributed by atoms with E-state index in [2.05, 4.69) is 15.0 Å². The number of carbonyl (C=O) groups excluding carboxylic acids is 2. The van der Waals surface area contributed by atoms with Crippen LogP contribution >= 0.6 is 0 Å². The number of carbonyl (C=O) groups is 2. The predicted octanol–water partition coefficient (Wildman–Crippen LogP) is 2.11. The Balaban J connectivity index is 1.45. The molecule has 9 heteroatoms. The van der Waals surface area contributed by atoms with E-state index >= 15 is 0 Å². The monoisotopic (exact) mass is 444 g/mol. The van der Waals surface area contributed by atoms with Crippen LogP contribution in [0.1, 0.15) is 11.3 Å². The van der Waals surface area contributed by atoms with Crippen molar-refractivity contribution in [3.05, 3.63) is 89.9 Å². The fourth-order valence-corrected chi connectivity index (χ4v) is 4.12. The van der Waals surface area contributed by atoms with Crippen LogP contribution in [0, 0.1) is 5.82 Å². The molecule has 1 saturated heterocycles. The van der Waals surface area contributed by atoms with E-state index in [-0.39, 0.29) is 12.5 Å². The molecule has 8 nitrogen and oxygen atoms in total. The minimum Gasteiger partial charge on any atom is -0.363 e. The number of hydrogen-bond donors (Lipinski definition) is 0. The van der Waals surface area contributed by atoms with Gasteiger partial charge in [-0.3, -0.25) is 19.5 Å². The minimum absolute atomic E-state index is 0.0739. The zero-order valence-electron chi connectivity index (χ0n) is 17.8. The van der Waals surface area contributed by atoms with E-state index in [4.69, 9.17) is 0 Å². The van der Waals surface area contributed by atoms with Gasteiger partial charge in [0.05, 0.1) is 17.8 Å². The van der Waals surface area contributed by atoms with Crippen LogP contribution in [0.2, 0.25) is 0 Å². The lowest BCUT2D eigenvalue weighted by Crippen LogP contribution is -2.48. The second-order valence-corrected chi connectivity index (χ2v) is 7.77. The smallest absolute Gasteiger partial charge is 0.278 e. The maximum atomic E-state index is 13.6. The van der Waals surface area contributed by atoms with Gasteiger partial charge in [0.2, 0.25) is 5.95 Å². The number of rotatable bonds is 5. The van der Waals surface area contributed by atoms with E-state index in [0.717, 1.165) is 0 Å². The van der Waals surface area contributed by atoms with Crippen molar-refractivity contribution in [2.24, 2.45) is 0 Å². The number of pyridine rings is 1. The molecule has 0 aliphatic carbocycles. The zero-order valence-corrected chi connectivity index (χ0v) is 17.8. The summed E-state index contributed by atoms with van der Waals surface area (Å²) in [6.45, 7) is 2.33. The van der Waals surface area contributed by atoms with Crippen LogP contribution in [-0.4, -0.2) is 62.7 Å². The molecular weight excluding hydrogens is 423 g/mol. The van der Waals surface area contributed by atoms with Gasteiger partial charge in [-0.15, -0.1) is 0 Å². The number of aromatic nitrogens is 3. The molecule has 2 aliphatic heterocycles. The maximum Gasteiger partial charge on any atom is 0.278 e. The molecule has 0 N–H and O–H groups in total. The van der Waals surface area contributed by atoms with Crippen LogP contribution in [0.15, 0.2) is 72.8 Å². The highest BCUT2D eigenvalue weighted by Gasteiger charge is 2.42. The summed E-state index contributed by atoms with van der Waals surface area (Å²) in [6, 6.07) is 12.8. The van der Waals surface area contributed by atoms with Gasteiger partial charge in [0, 0.05) is 44.8 Å². The van der Waals surface area contributed by atoms with Crippen LogP contribution in [0.25, 0.3) is 5.57 Å². The molecule has 0 atom stereocenters. The lowest BCUT2D eigenvalue weighted by Gasteiger charge is -2.36. The first-order chi connectivity index (χ1) is 16.1. The first-order valence-corrected chi connectivity index (χ1v) is 10.6. The molecular formula is C24H21FN6O2. The molecule has 3 aromatic rings. The fourth-order valence-electron chi connectivity index (χ4n) is 4.12.